The molecule has 2 heterocycles. The highest BCUT2D eigenvalue weighted by atomic mass is 28.4. The third-order valence-corrected chi connectivity index (χ3v) is 29.3. The van der Waals surface area contributed by atoms with Crippen LogP contribution in [0.25, 0.3) is 0 Å². The van der Waals surface area contributed by atoms with Crippen LogP contribution in [0.1, 0.15) is 150 Å². The van der Waals surface area contributed by atoms with Gasteiger partial charge in [-0.15, -0.1) is 0 Å². The molecule has 2 aliphatic rings. The maximum Gasteiger partial charge on any atom is 0.308 e. The number of esters is 1. The summed E-state index contributed by atoms with van der Waals surface area (Å²) in [6, 6.07) is 9.52. The monoisotopic (exact) mass is 925 g/mol. The average Bonchev–Trinajstić information content (AvgIpc) is 4.03. The largest absolute Gasteiger partial charge is 0.457 e. The van der Waals surface area contributed by atoms with E-state index in [1.54, 1.807) is 6.08 Å². The van der Waals surface area contributed by atoms with Gasteiger partial charge in [-0.25, -0.2) is 0 Å². The van der Waals surface area contributed by atoms with Crippen molar-refractivity contribution in [3.63, 3.8) is 0 Å². The first-order valence-corrected chi connectivity index (χ1v) is 32.8. The zero-order chi connectivity index (χ0) is 46.9. The van der Waals surface area contributed by atoms with Gasteiger partial charge in [0.05, 0.1) is 35.9 Å². The molecule has 62 heavy (non-hydrogen) atoms. The molecule has 2 rings (SSSR count). The summed E-state index contributed by atoms with van der Waals surface area (Å²) in [6.07, 6.45) is 11.2. The molecule has 0 amide bonds. The molecule has 0 radical (unpaired) electrons. The molecular weight excluding hydrogens is 829 g/mol. The third-order valence-electron chi connectivity index (χ3n) is 15.2. The number of cyclic esters (lactones) is 1. The van der Waals surface area contributed by atoms with Gasteiger partial charge >= 0.3 is 5.97 Å². The number of aliphatic hydroxyl groups is 1. The SMILES string of the molecule is CCOC(C)OC1(C)CCC(O[Si](CC)(CC)CC)CC(=O)OC(/C(C)=C/C=C/C(C)(CC2OC2C(C)C(CC)O[Si](CC)(CC)CC)O[Si](CC)(CC)CC)C(C)/C=C\C1O. The fourth-order valence-corrected chi connectivity index (χ4v) is 18.9. The molecule has 2 aliphatic heterocycles. The molecule has 1 saturated heterocycles. The van der Waals surface area contributed by atoms with Gasteiger partial charge in [-0.1, -0.05) is 113 Å². The summed E-state index contributed by atoms with van der Waals surface area (Å²) < 4.78 is 46.5. The fourth-order valence-electron chi connectivity index (χ4n) is 9.88. The van der Waals surface area contributed by atoms with Crippen molar-refractivity contribution >= 4 is 30.9 Å². The van der Waals surface area contributed by atoms with Gasteiger partial charge in [-0.3, -0.25) is 4.79 Å². The average molecular weight is 926 g/mol. The van der Waals surface area contributed by atoms with E-state index in [-0.39, 0.29) is 42.7 Å². The molecular formula is C50H96O9Si3. The molecule has 9 nitrogen and oxygen atoms in total. The van der Waals surface area contributed by atoms with Crippen LogP contribution < -0.4 is 0 Å². The van der Waals surface area contributed by atoms with Gasteiger partial charge in [-0.2, -0.15) is 0 Å². The molecule has 0 aromatic heterocycles. The molecule has 11 unspecified atom stereocenters. The Labute approximate surface area is 384 Å². The summed E-state index contributed by atoms with van der Waals surface area (Å²) in [6.45, 7) is 37.5. The third kappa shape index (κ3) is 16.1. The zero-order valence-corrected chi connectivity index (χ0v) is 45.9. The summed E-state index contributed by atoms with van der Waals surface area (Å²) in [7, 11) is -5.86. The van der Waals surface area contributed by atoms with Crippen molar-refractivity contribution in [1.82, 2.24) is 0 Å². The molecule has 0 aromatic rings. The number of rotatable bonds is 27. The highest BCUT2D eigenvalue weighted by Crippen LogP contribution is 2.43. The first-order valence-electron chi connectivity index (χ1n) is 25.2. The van der Waals surface area contributed by atoms with Crippen molar-refractivity contribution < 1.29 is 42.1 Å². The van der Waals surface area contributed by atoms with Gasteiger partial charge in [0.2, 0.25) is 0 Å². The van der Waals surface area contributed by atoms with E-state index in [4.69, 9.17) is 32.2 Å². The Balaban J connectivity index is 2.53. The second-order valence-corrected chi connectivity index (χ2v) is 33.4. The van der Waals surface area contributed by atoms with E-state index in [0.717, 1.165) is 72.8 Å². The van der Waals surface area contributed by atoms with E-state index in [0.29, 0.717) is 25.4 Å². The van der Waals surface area contributed by atoms with Crippen LogP contribution in [0.5, 0.6) is 0 Å². The van der Waals surface area contributed by atoms with E-state index >= 15 is 0 Å². The Morgan fingerprint density at radius 2 is 1.47 bits per heavy atom. The van der Waals surface area contributed by atoms with Crippen molar-refractivity contribution in [1.29, 1.82) is 0 Å². The zero-order valence-electron chi connectivity index (χ0n) is 42.9. The number of hydrogen-bond acceptors (Lipinski definition) is 9. The van der Waals surface area contributed by atoms with Gasteiger partial charge in [0.1, 0.15) is 12.2 Å². The number of aliphatic hydroxyl groups excluding tert-OH is 1. The maximum atomic E-state index is 14.0. The number of epoxide rings is 1. The fraction of sp³-hybridized carbons (Fsp3) is 0.860. The van der Waals surface area contributed by atoms with E-state index in [9.17, 15) is 9.90 Å². The molecule has 1 fully saturated rings. The van der Waals surface area contributed by atoms with Crippen molar-refractivity contribution in [2.45, 2.75) is 258 Å². The number of carbonyl (C=O) groups excluding carboxylic acids is 1. The molecule has 0 aromatic carbocycles. The topological polar surface area (TPSA) is 105 Å². The molecule has 362 valence electrons. The van der Waals surface area contributed by atoms with Crippen molar-refractivity contribution in [2.75, 3.05) is 6.61 Å². The first-order chi connectivity index (χ1) is 29.2. The lowest BCUT2D eigenvalue weighted by Crippen LogP contribution is -2.46. The number of hydrogen-bond donors (Lipinski definition) is 1. The molecule has 11 atom stereocenters. The van der Waals surface area contributed by atoms with E-state index in [1.807, 2.05) is 40.7 Å². The molecule has 1 N–H and O–H groups in total. The van der Waals surface area contributed by atoms with Crippen molar-refractivity contribution in [3.8, 4) is 0 Å². The quantitative estimate of drug-likeness (QED) is 0.0215. The van der Waals surface area contributed by atoms with Crippen LogP contribution in [0.15, 0.2) is 36.0 Å². The van der Waals surface area contributed by atoms with Crippen LogP contribution in [0.3, 0.4) is 0 Å². The second-order valence-electron chi connectivity index (χ2n) is 19.2. The van der Waals surface area contributed by atoms with Gasteiger partial charge < -0.3 is 37.3 Å². The van der Waals surface area contributed by atoms with Gasteiger partial charge in [-0.05, 0) is 114 Å². The Morgan fingerprint density at radius 3 is 1.98 bits per heavy atom. The Morgan fingerprint density at radius 1 is 0.903 bits per heavy atom. The smallest absolute Gasteiger partial charge is 0.308 e. The molecule has 12 heteroatoms. The second kappa shape index (κ2) is 26.4. The minimum Gasteiger partial charge on any atom is -0.457 e. The maximum absolute atomic E-state index is 14.0. The first kappa shape index (κ1) is 57.2. The number of allylic oxidation sites excluding steroid dienone is 2. The van der Waals surface area contributed by atoms with Crippen LogP contribution in [0.2, 0.25) is 54.4 Å². The summed E-state index contributed by atoms with van der Waals surface area (Å²) in [5.74, 6) is -0.197. The van der Waals surface area contributed by atoms with E-state index in [1.165, 1.54) is 0 Å². The normalized spacial score (nSPS) is 29.0. The lowest BCUT2D eigenvalue weighted by molar-refractivity contribution is -0.221. The Bertz CT molecular complexity index is 1370. The Hall–Kier alpha value is -0.939. The van der Waals surface area contributed by atoms with Crippen molar-refractivity contribution in [3.05, 3.63) is 36.0 Å². The molecule has 0 spiro atoms. The summed E-state index contributed by atoms with van der Waals surface area (Å²) in [4.78, 5) is 14.0. The van der Waals surface area contributed by atoms with Crippen LogP contribution in [0, 0.1) is 11.8 Å². The van der Waals surface area contributed by atoms with Crippen LogP contribution in [-0.2, 0) is 37.0 Å². The highest BCUT2D eigenvalue weighted by molar-refractivity contribution is 6.74. The van der Waals surface area contributed by atoms with E-state index < -0.39 is 54.7 Å². The standard InChI is InChI=1S/C50H96O9Si3/c1-18-43(58-61(23-6,24-7)25-8)40(14)48-44(54-48)37-49(16,59-62(26-9,27-10)28-11)34-29-30-38(12)47-39(13)31-32-45(51)50(17,56-41(15)53-19-2)35-33-42(36-46(52)55-47)57-60(20-3,21-4)22-5/h29-32,34,39-45,47-48,51H,18-28,33,35-37H2,1-17H3/b32-31-,34-29+,38-30+. The van der Waals surface area contributed by atoms with Crippen LogP contribution in [-0.4, -0.2) is 96.8 Å². The van der Waals surface area contributed by atoms with Crippen LogP contribution >= 0.6 is 0 Å². The van der Waals surface area contributed by atoms with Gasteiger partial charge in [0, 0.05) is 31.0 Å². The molecule has 0 aliphatic carbocycles. The summed E-state index contributed by atoms with van der Waals surface area (Å²) >= 11 is 0. The highest BCUT2D eigenvalue weighted by Gasteiger charge is 2.51. The van der Waals surface area contributed by atoms with Gasteiger partial charge in [0.25, 0.3) is 0 Å². The summed E-state index contributed by atoms with van der Waals surface area (Å²) in [5, 5.41) is 11.8. The van der Waals surface area contributed by atoms with Crippen LogP contribution in [0.4, 0.5) is 0 Å². The van der Waals surface area contributed by atoms with E-state index in [2.05, 4.69) is 101 Å². The number of carbonyl (C=O) groups is 1. The lowest BCUT2D eigenvalue weighted by atomic mass is 9.88. The number of ether oxygens (including phenoxy) is 4. The predicted molar refractivity (Wildman–Crippen MR) is 265 cm³/mol. The van der Waals surface area contributed by atoms with Gasteiger partial charge in [0.15, 0.2) is 31.2 Å². The minimum atomic E-state index is -2.08. The van der Waals surface area contributed by atoms with Crippen molar-refractivity contribution in [2.24, 2.45) is 11.8 Å². The predicted octanol–water partition coefficient (Wildman–Crippen LogP) is 13.1. The Kier molecular flexibility index (Phi) is 24.4. The summed E-state index contributed by atoms with van der Waals surface area (Å²) in [5.41, 5.74) is -0.577. The minimum absolute atomic E-state index is 0.0979. The molecule has 0 saturated carbocycles. The lowest BCUT2D eigenvalue weighted by Gasteiger charge is -2.39. The molecule has 0 bridgehead atoms.